The summed E-state index contributed by atoms with van der Waals surface area (Å²) in [5.41, 5.74) is 0. The van der Waals surface area contributed by atoms with Crippen LogP contribution >= 0.6 is 0 Å². The van der Waals surface area contributed by atoms with E-state index in [1.807, 2.05) is 14.1 Å². The molecule has 4 heavy (non-hydrogen) atoms. The quantitative estimate of drug-likeness (QED) is 0.375. The molecule has 0 amide bonds. The van der Waals surface area contributed by atoms with Crippen molar-refractivity contribution >= 4 is 17.1 Å². The van der Waals surface area contributed by atoms with Gasteiger partial charge in [0.15, 0.2) is 0 Å². The average molecular weight is 121 g/mol. The summed E-state index contributed by atoms with van der Waals surface area (Å²) in [6.07, 6.45) is 0. The Kier molecular flexibility index (Phi) is 2.04. The molecule has 0 heterocycles. The van der Waals surface area contributed by atoms with Crippen molar-refractivity contribution in [2.45, 2.75) is 0 Å². The summed E-state index contributed by atoms with van der Waals surface area (Å²) < 4.78 is 2.06. The van der Waals surface area contributed by atoms with Gasteiger partial charge in [0.1, 0.15) is 0 Å². The summed E-state index contributed by atoms with van der Waals surface area (Å²) in [6, 6.07) is 0. The topological polar surface area (TPSA) is 3.24 Å². The van der Waals surface area contributed by atoms with Crippen LogP contribution in [0.5, 0.6) is 0 Å². The minimum absolute atomic E-state index is 1.63. The van der Waals surface area contributed by atoms with Crippen LogP contribution in [-0.4, -0.2) is 35.0 Å². The molecule has 0 aromatic carbocycles. The zero-order chi connectivity index (χ0) is 3.58. The van der Waals surface area contributed by atoms with E-state index in [0.29, 0.717) is 0 Å². The van der Waals surface area contributed by atoms with Crippen molar-refractivity contribution in [3.63, 3.8) is 0 Å². The molecule has 0 fully saturated rings. The molecule has 0 saturated carbocycles. The van der Waals surface area contributed by atoms with Crippen LogP contribution < -0.4 is 0 Å². The second-order valence-electron chi connectivity index (χ2n) is 0.964. The third-order valence-electron chi connectivity index (χ3n) is 0. The van der Waals surface area contributed by atoms with Gasteiger partial charge in [-0.15, -0.1) is 0 Å². The Balaban J connectivity index is 2.32. The Labute approximate surface area is 35.7 Å². The molecule has 26 valence electrons. The maximum absolute atomic E-state index is 2.06. The van der Waals surface area contributed by atoms with Gasteiger partial charge >= 0.3 is 35.0 Å². The van der Waals surface area contributed by atoms with E-state index in [1.54, 1.807) is 17.1 Å². The maximum atomic E-state index is 2.06. The second-order valence-corrected chi connectivity index (χ2v) is 3.13. The zero-order valence-electron chi connectivity index (χ0n) is 3.02. The fourth-order valence-electron chi connectivity index (χ4n) is 0. The molecular formula is C2H8AsN. The Morgan fingerprint density at radius 2 is 1.50 bits per heavy atom. The first-order valence-electron chi connectivity index (χ1n) is 1.15. The van der Waals surface area contributed by atoms with Gasteiger partial charge in [-0.1, -0.05) is 0 Å². The number of nitrogens with zero attached hydrogens (tertiary/aromatic N) is 1. The van der Waals surface area contributed by atoms with Crippen LogP contribution in [0, 0.1) is 0 Å². The molecule has 0 rings (SSSR count). The van der Waals surface area contributed by atoms with Gasteiger partial charge in [0.05, 0.1) is 0 Å². The van der Waals surface area contributed by atoms with E-state index < -0.39 is 0 Å². The van der Waals surface area contributed by atoms with Gasteiger partial charge < -0.3 is 0 Å². The van der Waals surface area contributed by atoms with Crippen molar-refractivity contribution < 1.29 is 0 Å². The molecule has 0 aromatic heterocycles. The van der Waals surface area contributed by atoms with Crippen LogP contribution in [0.1, 0.15) is 0 Å². The Morgan fingerprint density at radius 1 is 1.50 bits per heavy atom. The van der Waals surface area contributed by atoms with Gasteiger partial charge in [-0.3, -0.25) is 0 Å². The van der Waals surface area contributed by atoms with Crippen molar-refractivity contribution in [3.05, 3.63) is 0 Å². The van der Waals surface area contributed by atoms with Gasteiger partial charge in [-0.25, -0.2) is 0 Å². The van der Waals surface area contributed by atoms with E-state index in [-0.39, 0.29) is 0 Å². The first-order chi connectivity index (χ1) is 1.73. The van der Waals surface area contributed by atoms with E-state index in [2.05, 4.69) is 3.82 Å². The van der Waals surface area contributed by atoms with Crippen molar-refractivity contribution in [2.24, 2.45) is 0 Å². The van der Waals surface area contributed by atoms with Gasteiger partial charge in [-0.05, 0) is 0 Å². The van der Waals surface area contributed by atoms with Gasteiger partial charge in [-0.2, -0.15) is 0 Å². The molecule has 1 atom stereocenters. The molecule has 1 nitrogen and oxygen atoms in total. The minimum atomic E-state index is 1.63. The molecule has 0 aliphatic heterocycles. The molecule has 0 aliphatic carbocycles. The standard InChI is InChI=1S/C2H8AsN/c1-4(2)3/h3H2,1-2H3. The second kappa shape index (κ2) is 1.80. The first kappa shape index (κ1) is 4.52. The molecule has 1 unspecified atom stereocenters. The molecule has 0 spiro atoms. The van der Waals surface area contributed by atoms with Gasteiger partial charge in [0, 0.05) is 0 Å². The number of hydrogen-bond donors (Lipinski definition) is 0. The van der Waals surface area contributed by atoms with Gasteiger partial charge in [0.25, 0.3) is 0 Å². The predicted molar refractivity (Wildman–Crippen MR) is 22.2 cm³/mol. The van der Waals surface area contributed by atoms with E-state index in [1.165, 1.54) is 0 Å². The summed E-state index contributed by atoms with van der Waals surface area (Å²) in [7, 11) is 4.06. The Morgan fingerprint density at radius 3 is 1.50 bits per heavy atom. The summed E-state index contributed by atoms with van der Waals surface area (Å²) in [5, 5.41) is 0. The van der Waals surface area contributed by atoms with Crippen molar-refractivity contribution in [1.82, 2.24) is 3.82 Å². The molecule has 0 aliphatic rings. The average Bonchev–Trinajstić information content (AvgIpc) is 0.811. The van der Waals surface area contributed by atoms with Crippen LogP contribution in [0.4, 0.5) is 0 Å². The Hall–Kier alpha value is 0.518. The fourth-order valence-corrected chi connectivity index (χ4v) is 0. The molecule has 0 saturated heterocycles. The molecule has 0 bridgehead atoms. The first-order valence-corrected chi connectivity index (χ1v) is 2.24. The van der Waals surface area contributed by atoms with Crippen LogP contribution in [0.25, 0.3) is 0 Å². The van der Waals surface area contributed by atoms with Crippen molar-refractivity contribution in [2.75, 3.05) is 14.1 Å². The zero-order valence-corrected chi connectivity index (χ0v) is 5.45. The van der Waals surface area contributed by atoms with Crippen LogP contribution in [0.2, 0.25) is 0 Å². The summed E-state index contributed by atoms with van der Waals surface area (Å²) >= 11 is 1.63. The molecule has 0 radical (unpaired) electrons. The van der Waals surface area contributed by atoms with Crippen LogP contribution in [0.15, 0.2) is 0 Å². The number of hydrogen-bond acceptors (Lipinski definition) is 1. The summed E-state index contributed by atoms with van der Waals surface area (Å²) in [4.78, 5) is 0. The molecule has 0 N–H and O–H groups in total. The summed E-state index contributed by atoms with van der Waals surface area (Å²) in [5.74, 6) is 0. The van der Waals surface area contributed by atoms with Crippen LogP contribution in [-0.2, 0) is 0 Å². The normalized spacial score (nSPS) is 9.00. The van der Waals surface area contributed by atoms with E-state index in [9.17, 15) is 0 Å². The third-order valence-corrected chi connectivity index (χ3v) is 0. The number of rotatable bonds is 0. The van der Waals surface area contributed by atoms with Crippen molar-refractivity contribution in [3.8, 4) is 0 Å². The van der Waals surface area contributed by atoms with Crippen LogP contribution in [0.3, 0.4) is 0 Å². The van der Waals surface area contributed by atoms with E-state index in [4.69, 9.17) is 0 Å². The predicted octanol–water partition coefficient (Wildman–Crippen LogP) is -0.904. The van der Waals surface area contributed by atoms with Crippen molar-refractivity contribution in [1.29, 1.82) is 0 Å². The fraction of sp³-hybridized carbons (Fsp3) is 1.00. The van der Waals surface area contributed by atoms with E-state index >= 15 is 0 Å². The molecule has 2 heteroatoms. The van der Waals surface area contributed by atoms with E-state index in [0.717, 1.165) is 0 Å². The molecule has 0 aromatic rings. The monoisotopic (exact) mass is 121 g/mol. The van der Waals surface area contributed by atoms with Gasteiger partial charge in [0.2, 0.25) is 0 Å². The molecular weight excluding hydrogens is 113 g/mol. The Bertz CT molecular complexity index is 10.8. The third kappa shape index (κ3) is 21.6. The summed E-state index contributed by atoms with van der Waals surface area (Å²) in [6.45, 7) is 0. The SMILES string of the molecule is CN(C)[AsH2].